The van der Waals surface area contributed by atoms with Crippen LogP contribution in [0.2, 0.25) is 0 Å². The van der Waals surface area contributed by atoms with Crippen LogP contribution in [0.5, 0.6) is 11.5 Å². The third-order valence-corrected chi connectivity index (χ3v) is 8.18. The molecule has 0 radical (unpaired) electrons. The number of hydrogen-bond donors (Lipinski definition) is 1. The molecule has 0 spiro atoms. The Morgan fingerprint density at radius 3 is 1.97 bits per heavy atom. The van der Waals surface area contributed by atoms with Crippen molar-refractivity contribution in [3.05, 3.63) is 22.3 Å². The molecule has 1 N–H and O–H groups in total. The van der Waals surface area contributed by atoms with Gasteiger partial charge in [0, 0.05) is 5.56 Å². The zero-order chi connectivity index (χ0) is 26.2. The second-order valence-corrected chi connectivity index (χ2v) is 12.1. The van der Waals surface area contributed by atoms with Crippen molar-refractivity contribution in [2.45, 2.75) is 146 Å². The van der Waals surface area contributed by atoms with Gasteiger partial charge in [-0.1, -0.05) is 87.5 Å². The molecule has 3 atom stereocenters. The first-order chi connectivity index (χ1) is 16.4. The number of ether oxygens (including phenoxy) is 2. The highest BCUT2D eigenvalue weighted by atomic mass is 16.5. The predicted octanol–water partition coefficient (Wildman–Crippen LogP) is 9.87. The molecular formula is C33H60O4. The molecule has 1 aromatic carbocycles. The Hall–Kier alpha value is -1.71. The molecule has 0 saturated carbocycles. The fourth-order valence-corrected chi connectivity index (χ4v) is 5.61. The Bertz CT molecular complexity index is 828. The molecule has 0 bridgehead atoms. The van der Waals surface area contributed by atoms with Gasteiger partial charge >= 0.3 is 5.97 Å². The highest BCUT2D eigenvalue weighted by molar-refractivity contribution is 5.69. The number of carboxylic acids is 1. The number of fused-ring (bicyclic) bond motifs is 1. The summed E-state index contributed by atoms with van der Waals surface area (Å²) >= 11 is 0. The van der Waals surface area contributed by atoms with Crippen molar-refractivity contribution in [3.63, 3.8) is 0 Å². The quantitative estimate of drug-likeness (QED) is 0.250. The zero-order valence-corrected chi connectivity index (χ0v) is 23.9. The summed E-state index contributed by atoms with van der Waals surface area (Å²) in [4.78, 5) is 11.0. The summed E-state index contributed by atoms with van der Waals surface area (Å²) in [5, 5.41) is 9.02. The third kappa shape index (κ3) is 10.9. The second-order valence-electron chi connectivity index (χ2n) is 12.1. The highest BCUT2D eigenvalue weighted by Crippen LogP contribution is 2.45. The number of carboxylic acid groups (broad SMARTS) is 1. The zero-order valence-electron chi connectivity index (χ0n) is 23.9. The van der Waals surface area contributed by atoms with Crippen molar-refractivity contribution in [1.82, 2.24) is 0 Å². The summed E-state index contributed by atoms with van der Waals surface area (Å²) < 4.78 is 12.3. The molecule has 0 amide bonds. The van der Waals surface area contributed by atoms with Crippen LogP contribution in [0.15, 0.2) is 0 Å². The smallest absolute Gasteiger partial charge is 0.341 e. The van der Waals surface area contributed by atoms with Crippen LogP contribution in [-0.2, 0) is 11.2 Å². The Balaban J connectivity index is 0.00000648. The first-order valence-corrected chi connectivity index (χ1v) is 14.1. The maximum atomic E-state index is 11.0. The van der Waals surface area contributed by atoms with Crippen LogP contribution in [0.4, 0.5) is 0 Å². The predicted molar refractivity (Wildman–Crippen MR) is 159 cm³/mol. The Morgan fingerprint density at radius 1 is 0.892 bits per heavy atom. The van der Waals surface area contributed by atoms with E-state index in [0.717, 1.165) is 59.5 Å². The van der Waals surface area contributed by atoms with E-state index in [2.05, 4.69) is 41.5 Å². The van der Waals surface area contributed by atoms with E-state index in [1.54, 1.807) is 0 Å². The number of benzene rings is 1. The second kappa shape index (κ2) is 16.3. The van der Waals surface area contributed by atoms with Gasteiger partial charge in [0.05, 0.1) is 0 Å². The molecular weight excluding hydrogens is 460 g/mol. The number of aliphatic carboxylic acids is 1. The topological polar surface area (TPSA) is 55.8 Å². The average molecular weight is 521 g/mol. The van der Waals surface area contributed by atoms with Crippen molar-refractivity contribution in [2.75, 3.05) is 6.61 Å². The summed E-state index contributed by atoms with van der Waals surface area (Å²) in [7, 11) is 0. The largest absolute Gasteiger partial charge is 0.487 e. The van der Waals surface area contributed by atoms with Crippen LogP contribution >= 0.6 is 0 Å². The van der Waals surface area contributed by atoms with Crippen molar-refractivity contribution in [1.29, 1.82) is 0 Å². The number of hydrogen-bond acceptors (Lipinski definition) is 3. The summed E-state index contributed by atoms with van der Waals surface area (Å²) in [5.74, 6) is 3.22. The Morgan fingerprint density at radius 2 is 1.43 bits per heavy atom. The van der Waals surface area contributed by atoms with Crippen LogP contribution in [0.25, 0.3) is 0 Å². The Kier molecular flexibility index (Phi) is 15.5. The minimum atomic E-state index is -0.951. The molecule has 0 fully saturated rings. The molecule has 0 aromatic heterocycles. The van der Waals surface area contributed by atoms with Gasteiger partial charge in [-0.2, -0.15) is 0 Å². The fraction of sp³-hybridized carbons (Fsp3) is 0.788. The van der Waals surface area contributed by atoms with Crippen molar-refractivity contribution < 1.29 is 19.4 Å². The SMILES string of the molecule is C.C.Cc1c(C)c2c(c(C)c1OCC(=O)O)CCC(C)(CCCC(C)CCCC(C)CCCC(C)C)O2. The van der Waals surface area contributed by atoms with E-state index in [-0.39, 0.29) is 27.1 Å². The van der Waals surface area contributed by atoms with Gasteiger partial charge in [-0.15, -0.1) is 0 Å². The van der Waals surface area contributed by atoms with E-state index < -0.39 is 5.97 Å². The van der Waals surface area contributed by atoms with Gasteiger partial charge < -0.3 is 14.6 Å². The maximum Gasteiger partial charge on any atom is 0.341 e. The van der Waals surface area contributed by atoms with Crippen LogP contribution < -0.4 is 9.47 Å². The lowest BCUT2D eigenvalue weighted by Gasteiger charge is -2.38. The summed E-state index contributed by atoms with van der Waals surface area (Å²) in [6.45, 7) is 17.5. The summed E-state index contributed by atoms with van der Waals surface area (Å²) in [5.41, 5.74) is 4.14. The molecule has 1 aromatic rings. The van der Waals surface area contributed by atoms with Crippen LogP contribution in [-0.4, -0.2) is 23.3 Å². The first-order valence-electron chi connectivity index (χ1n) is 14.1. The third-order valence-electron chi connectivity index (χ3n) is 8.18. The van der Waals surface area contributed by atoms with Gasteiger partial charge in [-0.05, 0) is 87.8 Å². The maximum absolute atomic E-state index is 11.0. The highest BCUT2D eigenvalue weighted by Gasteiger charge is 2.34. The lowest BCUT2D eigenvalue weighted by Crippen LogP contribution is -2.37. The van der Waals surface area contributed by atoms with Crippen LogP contribution in [0.1, 0.15) is 136 Å². The van der Waals surface area contributed by atoms with E-state index in [1.165, 1.54) is 56.9 Å². The van der Waals surface area contributed by atoms with Gasteiger partial charge in [0.2, 0.25) is 0 Å². The fourth-order valence-electron chi connectivity index (χ4n) is 5.61. The van der Waals surface area contributed by atoms with E-state index in [0.29, 0.717) is 5.75 Å². The van der Waals surface area contributed by atoms with E-state index in [9.17, 15) is 4.79 Å². The molecule has 216 valence electrons. The van der Waals surface area contributed by atoms with Crippen LogP contribution in [0.3, 0.4) is 0 Å². The van der Waals surface area contributed by atoms with Crippen molar-refractivity contribution >= 4 is 5.97 Å². The van der Waals surface area contributed by atoms with Gasteiger partial charge in [0.1, 0.15) is 17.1 Å². The summed E-state index contributed by atoms with van der Waals surface area (Å²) in [6.07, 6.45) is 13.7. The number of rotatable bonds is 15. The van der Waals surface area contributed by atoms with Gasteiger partial charge in [0.15, 0.2) is 6.61 Å². The van der Waals surface area contributed by atoms with E-state index >= 15 is 0 Å². The molecule has 1 heterocycles. The van der Waals surface area contributed by atoms with E-state index in [1.807, 2.05) is 13.8 Å². The van der Waals surface area contributed by atoms with Gasteiger partial charge in [-0.3, -0.25) is 0 Å². The summed E-state index contributed by atoms with van der Waals surface area (Å²) in [6, 6.07) is 0. The standard InChI is InChI=1S/C31H52O4.2CH4/c1-21(2)12-9-13-22(3)14-10-15-23(4)16-11-18-31(8)19-17-27-26(7)29(34-20-28(32)33)24(5)25(6)30(27)35-31;;/h21-23H,9-20H2,1-8H3,(H,32,33);2*1H4. The minimum Gasteiger partial charge on any atom is -0.487 e. The van der Waals surface area contributed by atoms with Crippen molar-refractivity contribution in [3.8, 4) is 11.5 Å². The monoisotopic (exact) mass is 520 g/mol. The normalized spacial score (nSPS) is 18.2. The lowest BCUT2D eigenvalue weighted by molar-refractivity contribution is -0.139. The lowest BCUT2D eigenvalue weighted by atomic mass is 9.83. The minimum absolute atomic E-state index is 0. The van der Waals surface area contributed by atoms with Gasteiger partial charge in [0.25, 0.3) is 0 Å². The Labute approximate surface area is 229 Å². The molecule has 3 unspecified atom stereocenters. The molecule has 0 aliphatic carbocycles. The molecule has 1 aliphatic rings. The average Bonchev–Trinajstić information content (AvgIpc) is 2.77. The van der Waals surface area contributed by atoms with Gasteiger partial charge in [-0.25, -0.2) is 4.79 Å². The first kappa shape index (κ1) is 35.3. The van der Waals surface area contributed by atoms with Crippen LogP contribution in [0, 0.1) is 38.5 Å². The molecule has 0 saturated heterocycles. The number of carbonyl (C=O) groups is 1. The molecule has 2 rings (SSSR count). The van der Waals surface area contributed by atoms with E-state index in [4.69, 9.17) is 14.6 Å². The molecule has 4 nitrogen and oxygen atoms in total. The molecule has 4 heteroatoms. The molecule has 1 aliphatic heterocycles. The molecule has 37 heavy (non-hydrogen) atoms. The van der Waals surface area contributed by atoms with Crippen molar-refractivity contribution in [2.24, 2.45) is 17.8 Å².